The number of piperazine rings is 1. The van der Waals surface area contributed by atoms with Gasteiger partial charge in [0.25, 0.3) is 0 Å². The molecule has 2 aromatic carbocycles. The lowest BCUT2D eigenvalue weighted by Crippen LogP contribution is -2.48. The number of hydrogen-bond donors (Lipinski definition) is 0. The second kappa shape index (κ2) is 7.39. The van der Waals surface area contributed by atoms with Crippen LogP contribution in [0, 0.1) is 13.8 Å². The largest absolute Gasteiger partial charge is 0.369 e. The third kappa shape index (κ3) is 3.94. The molecule has 0 amide bonds. The molecule has 1 fully saturated rings. The van der Waals surface area contributed by atoms with Crippen molar-refractivity contribution in [2.24, 2.45) is 0 Å². The highest BCUT2D eigenvalue weighted by atomic mass is 79.9. The third-order valence-electron chi connectivity index (χ3n) is 4.46. The van der Waals surface area contributed by atoms with E-state index in [-0.39, 0.29) is 0 Å². The molecule has 4 nitrogen and oxygen atoms in total. The number of halogens is 2. The zero-order chi connectivity index (χ0) is 18.2. The first-order chi connectivity index (χ1) is 11.8. The van der Waals surface area contributed by atoms with E-state index in [1.165, 1.54) is 16.8 Å². The molecule has 1 aliphatic rings. The van der Waals surface area contributed by atoms with Crippen molar-refractivity contribution in [2.75, 3.05) is 31.1 Å². The van der Waals surface area contributed by atoms with Crippen molar-refractivity contribution in [3.8, 4) is 0 Å². The lowest BCUT2D eigenvalue weighted by atomic mass is 10.1. The summed E-state index contributed by atoms with van der Waals surface area (Å²) >= 11 is 6.72. The standard InChI is InChI=1S/C18H20Br2N2O2S/c1-13-3-4-14(2)17(11-13)21-7-9-22(10-8-21)25(23,24)18-12-15(19)5-6-16(18)20/h3-6,11-12H,7-10H2,1-2H3. The first kappa shape index (κ1) is 18.9. The molecule has 0 aromatic heterocycles. The average Bonchev–Trinajstić information content (AvgIpc) is 2.59. The highest BCUT2D eigenvalue weighted by molar-refractivity contribution is 9.11. The average molecular weight is 488 g/mol. The predicted octanol–water partition coefficient (Wildman–Crippen LogP) is 4.34. The summed E-state index contributed by atoms with van der Waals surface area (Å²) in [6.45, 7) is 6.51. The number of hydrogen-bond acceptors (Lipinski definition) is 3. The minimum Gasteiger partial charge on any atom is -0.369 e. The van der Waals surface area contributed by atoms with Crippen molar-refractivity contribution in [2.45, 2.75) is 18.7 Å². The smallest absolute Gasteiger partial charge is 0.244 e. The summed E-state index contributed by atoms with van der Waals surface area (Å²) in [4.78, 5) is 2.58. The highest BCUT2D eigenvalue weighted by Gasteiger charge is 2.30. The van der Waals surface area contributed by atoms with Gasteiger partial charge in [0.15, 0.2) is 0 Å². The number of nitrogens with zero attached hydrogens (tertiary/aromatic N) is 2. The Bertz CT molecular complexity index is 892. The van der Waals surface area contributed by atoms with Crippen LogP contribution >= 0.6 is 31.9 Å². The summed E-state index contributed by atoms with van der Waals surface area (Å²) in [5.74, 6) is 0. The topological polar surface area (TPSA) is 40.6 Å². The number of sulfonamides is 1. The fraction of sp³-hybridized carbons (Fsp3) is 0.333. The van der Waals surface area contributed by atoms with Gasteiger partial charge in [-0.2, -0.15) is 4.31 Å². The van der Waals surface area contributed by atoms with Crippen molar-refractivity contribution < 1.29 is 8.42 Å². The molecule has 7 heteroatoms. The third-order valence-corrected chi connectivity index (χ3v) is 7.84. The van der Waals surface area contributed by atoms with Gasteiger partial charge in [-0.15, -0.1) is 0 Å². The lowest BCUT2D eigenvalue weighted by Gasteiger charge is -2.36. The monoisotopic (exact) mass is 486 g/mol. The number of aryl methyl sites for hydroxylation is 2. The van der Waals surface area contributed by atoms with Crippen LogP contribution in [-0.4, -0.2) is 38.9 Å². The van der Waals surface area contributed by atoms with Crippen molar-refractivity contribution >= 4 is 47.6 Å². The van der Waals surface area contributed by atoms with Gasteiger partial charge in [-0.05, 0) is 65.2 Å². The summed E-state index contributed by atoms with van der Waals surface area (Å²) in [6.07, 6.45) is 0. The Kier molecular flexibility index (Phi) is 5.58. The maximum Gasteiger partial charge on any atom is 0.244 e. The van der Waals surface area contributed by atoms with Crippen molar-refractivity contribution in [1.29, 1.82) is 0 Å². The Morgan fingerprint density at radius 3 is 2.28 bits per heavy atom. The van der Waals surface area contributed by atoms with E-state index in [4.69, 9.17) is 0 Å². The van der Waals surface area contributed by atoms with E-state index < -0.39 is 10.0 Å². The molecule has 0 unspecified atom stereocenters. The molecule has 0 spiro atoms. The van der Waals surface area contributed by atoms with Crippen LogP contribution in [0.25, 0.3) is 0 Å². The Hall–Kier alpha value is -0.890. The summed E-state index contributed by atoms with van der Waals surface area (Å²) in [5.41, 5.74) is 3.63. The fourth-order valence-corrected chi connectivity index (χ4v) is 5.93. The van der Waals surface area contributed by atoms with Crippen molar-refractivity contribution in [3.05, 3.63) is 56.5 Å². The maximum absolute atomic E-state index is 13.0. The zero-order valence-electron chi connectivity index (χ0n) is 14.2. The first-order valence-corrected chi connectivity index (χ1v) is 11.1. The number of benzene rings is 2. The summed E-state index contributed by atoms with van der Waals surface area (Å²) < 4.78 is 28.9. The summed E-state index contributed by atoms with van der Waals surface area (Å²) in [6, 6.07) is 11.6. The number of rotatable bonds is 3. The van der Waals surface area contributed by atoms with Crippen LogP contribution in [-0.2, 0) is 10.0 Å². The molecule has 2 aromatic rings. The fourth-order valence-electron chi connectivity index (χ4n) is 3.04. The van der Waals surface area contributed by atoms with Gasteiger partial charge in [-0.25, -0.2) is 8.42 Å². The van der Waals surface area contributed by atoms with Gasteiger partial charge in [0, 0.05) is 40.8 Å². The van der Waals surface area contributed by atoms with Gasteiger partial charge < -0.3 is 4.90 Å². The van der Waals surface area contributed by atoms with Crippen LogP contribution < -0.4 is 4.90 Å². The second-order valence-corrected chi connectivity index (χ2v) is 9.93. The molecule has 1 saturated heterocycles. The second-order valence-electron chi connectivity index (χ2n) is 6.26. The maximum atomic E-state index is 13.0. The van der Waals surface area contributed by atoms with Gasteiger partial charge >= 0.3 is 0 Å². The van der Waals surface area contributed by atoms with E-state index in [1.807, 2.05) is 6.07 Å². The van der Waals surface area contributed by atoms with Crippen molar-refractivity contribution in [1.82, 2.24) is 4.31 Å². The minimum absolute atomic E-state index is 0.307. The van der Waals surface area contributed by atoms with E-state index in [1.54, 1.807) is 16.4 Å². The summed E-state index contributed by atoms with van der Waals surface area (Å²) in [5, 5.41) is 0. The minimum atomic E-state index is -3.51. The molecule has 0 saturated carbocycles. The Morgan fingerprint density at radius 1 is 0.920 bits per heavy atom. The van der Waals surface area contributed by atoms with Crippen LogP contribution in [0.1, 0.15) is 11.1 Å². The molecule has 0 N–H and O–H groups in total. The van der Waals surface area contributed by atoms with Gasteiger partial charge in [0.1, 0.15) is 0 Å². The Balaban J connectivity index is 1.80. The van der Waals surface area contributed by atoms with Crippen molar-refractivity contribution in [3.63, 3.8) is 0 Å². The number of anilines is 1. The van der Waals surface area contributed by atoms with Crippen LogP contribution in [0.15, 0.2) is 50.2 Å². The van der Waals surface area contributed by atoms with Gasteiger partial charge in [0.05, 0.1) is 4.90 Å². The highest BCUT2D eigenvalue weighted by Crippen LogP contribution is 2.30. The molecule has 0 bridgehead atoms. The molecule has 25 heavy (non-hydrogen) atoms. The molecule has 1 heterocycles. The van der Waals surface area contributed by atoms with E-state index in [2.05, 4.69) is 68.8 Å². The van der Waals surface area contributed by atoms with E-state index in [9.17, 15) is 8.42 Å². The van der Waals surface area contributed by atoms with Gasteiger partial charge in [-0.1, -0.05) is 28.1 Å². The first-order valence-electron chi connectivity index (χ1n) is 8.06. The van der Waals surface area contributed by atoms with E-state index in [0.717, 1.165) is 4.47 Å². The van der Waals surface area contributed by atoms with Crippen LogP contribution in [0.4, 0.5) is 5.69 Å². The molecule has 1 aliphatic heterocycles. The van der Waals surface area contributed by atoms with Crippen LogP contribution in [0.5, 0.6) is 0 Å². The quantitative estimate of drug-likeness (QED) is 0.646. The van der Waals surface area contributed by atoms with Gasteiger partial charge in [-0.3, -0.25) is 0 Å². The molecular weight excluding hydrogens is 468 g/mol. The van der Waals surface area contributed by atoms with Gasteiger partial charge in [0.2, 0.25) is 10.0 Å². The normalized spacial score (nSPS) is 16.2. The van der Waals surface area contributed by atoms with E-state index in [0.29, 0.717) is 35.5 Å². The Morgan fingerprint density at radius 2 is 1.60 bits per heavy atom. The molecule has 0 aliphatic carbocycles. The molecular formula is C18H20Br2N2O2S. The molecule has 0 atom stereocenters. The van der Waals surface area contributed by atoms with E-state index >= 15 is 0 Å². The van der Waals surface area contributed by atoms with Crippen LogP contribution in [0.3, 0.4) is 0 Å². The lowest BCUT2D eigenvalue weighted by molar-refractivity contribution is 0.384. The molecule has 3 rings (SSSR count). The van der Waals surface area contributed by atoms with Crippen LogP contribution in [0.2, 0.25) is 0 Å². The molecule has 0 radical (unpaired) electrons. The summed E-state index contributed by atoms with van der Waals surface area (Å²) in [7, 11) is -3.51. The predicted molar refractivity (Wildman–Crippen MR) is 109 cm³/mol. The SMILES string of the molecule is Cc1ccc(C)c(N2CCN(S(=O)(=O)c3cc(Br)ccc3Br)CC2)c1. The Labute approximate surface area is 166 Å². The zero-order valence-corrected chi connectivity index (χ0v) is 18.2. The molecule has 134 valence electrons.